The molecule has 0 saturated carbocycles. The monoisotopic (exact) mass is 677 g/mol. The first-order valence-corrected chi connectivity index (χ1v) is 18.9. The van der Waals surface area contributed by atoms with E-state index in [1.165, 1.54) is 93.3 Å². The summed E-state index contributed by atoms with van der Waals surface area (Å²) in [5.74, 6) is 0. The Morgan fingerprint density at radius 3 is 1.81 bits per heavy atom. The highest BCUT2D eigenvalue weighted by Crippen LogP contribution is 2.59. The lowest BCUT2D eigenvalue weighted by Gasteiger charge is -2.31. The molecule has 1 nitrogen and oxygen atoms in total. The van der Waals surface area contributed by atoms with Crippen molar-refractivity contribution in [2.24, 2.45) is 0 Å². The van der Waals surface area contributed by atoms with Gasteiger partial charge in [-0.15, -0.1) is 0 Å². The van der Waals surface area contributed by atoms with Gasteiger partial charge in [-0.2, -0.15) is 0 Å². The maximum Gasteiger partial charge on any atom is 0.0621 e. The van der Waals surface area contributed by atoms with Gasteiger partial charge in [-0.3, -0.25) is 0 Å². The summed E-state index contributed by atoms with van der Waals surface area (Å²) < 4.78 is 0. The van der Waals surface area contributed by atoms with Gasteiger partial charge in [0.1, 0.15) is 0 Å². The van der Waals surface area contributed by atoms with Crippen LogP contribution in [-0.4, -0.2) is 0 Å². The molecule has 252 valence electrons. The molecular formula is C52H39N. The van der Waals surface area contributed by atoms with Crippen molar-refractivity contribution in [3.63, 3.8) is 0 Å². The number of nitrogens with zero attached hydrogens (tertiary/aromatic N) is 1. The number of rotatable bonds is 3. The lowest BCUT2D eigenvalue weighted by Crippen LogP contribution is -2.17. The third-order valence-electron chi connectivity index (χ3n) is 12.5. The van der Waals surface area contributed by atoms with E-state index in [-0.39, 0.29) is 10.8 Å². The van der Waals surface area contributed by atoms with Crippen LogP contribution in [0.15, 0.2) is 164 Å². The van der Waals surface area contributed by atoms with Crippen LogP contribution in [0.2, 0.25) is 0 Å². The molecule has 0 radical (unpaired) electrons. The number of fused-ring (bicyclic) bond motifs is 14. The van der Waals surface area contributed by atoms with Crippen molar-refractivity contribution >= 4 is 60.2 Å². The molecule has 0 spiro atoms. The van der Waals surface area contributed by atoms with Gasteiger partial charge >= 0.3 is 0 Å². The van der Waals surface area contributed by atoms with Gasteiger partial charge in [-0.1, -0.05) is 161 Å². The van der Waals surface area contributed by atoms with Gasteiger partial charge in [0.15, 0.2) is 0 Å². The fourth-order valence-electron chi connectivity index (χ4n) is 10.2. The van der Waals surface area contributed by atoms with Gasteiger partial charge in [0.25, 0.3) is 0 Å². The van der Waals surface area contributed by atoms with Crippen LogP contribution in [0, 0.1) is 0 Å². The lowest BCUT2D eigenvalue weighted by molar-refractivity contribution is 0.666. The molecule has 9 aromatic carbocycles. The van der Waals surface area contributed by atoms with Gasteiger partial charge < -0.3 is 4.90 Å². The van der Waals surface area contributed by atoms with E-state index in [0.29, 0.717) is 0 Å². The Morgan fingerprint density at radius 1 is 0.358 bits per heavy atom. The minimum Gasteiger partial charge on any atom is -0.309 e. The predicted octanol–water partition coefficient (Wildman–Crippen LogP) is 14.4. The lowest BCUT2D eigenvalue weighted by atomic mass is 9.79. The fourth-order valence-corrected chi connectivity index (χ4v) is 10.2. The number of para-hydroxylation sites is 1. The van der Waals surface area contributed by atoms with Gasteiger partial charge in [0.2, 0.25) is 0 Å². The molecule has 11 rings (SSSR count). The van der Waals surface area contributed by atoms with E-state index in [4.69, 9.17) is 0 Å². The summed E-state index contributed by atoms with van der Waals surface area (Å²) in [6.45, 7) is 9.63. The third-order valence-corrected chi connectivity index (χ3v) is 12.5. The van der Waals surface area contributed by atoms with Crippen LogP contribution in [0.3, 0.4) is 0 Å². The smallest absolute Gasteiger partial charge is 0.0621 e. The van der Waals surface area contributed by atoms with Crippen molar-refractivity contribution in [3.05, 3.63) is 186 Å². The Hall–Kier alpha value is -6.18. The summed E-state index contributed by atoms with van der Waals surface area (Å²) in [4.78, 5) is 2.54. The second-order valence-corrected chi connectivity index (χ2v) is 16.1. The zero-order valence-electron chi connectivity index (χ0n) is 30.5. The first-order valence-electron chi connectivity index (χ1n) is 18.9. The largest absolute Gasteiger partial charge is 0.309 e. The molecule has 2 aliphatic carbocycles. The molecule has 0 atom stereocenters. The second-order valence-electron chi connectivity index (χ2n) is 16.1. The van der Waals surface area contributed by atoms with Crippen LogP contribution in [0.4, 0.5) is 17.1 Å². The van der Waals surface area contributed by atoms with Gasteiger partial charge in [0, 0.05) is 33.2 Å². The molecule has 0 aliphatic heterocycles. The summed E-state index contributed by atoms with van der Waals surface area (Å²) in [5.41, 5.74) is 14.3. The van der Waals surface area contributed by atoms with E-state index >= 15 is 0 Å². The van der Waals surface area contributed by atoms with Crippen LogP contribution >= 0.6 is 0 Å². The molecule has 0 aromatic heterocycles. The fraction of sp³-hybridized carbons (Fsp3) is 0.115. The highest BCUT2D eigenvalue weighted by Gasteiger charge is 2.41. The van der Waals surface area contributed by atoms with Crippen molar-refractivity contribution in [1.29, 1.82) is 0 Å². The maximum absolute atomic E-state index is 2.54. The van der Waals surface area contributed by atoms with Gasteiger partial charge in [-0.05, 0) is 107 Å². The minimum atomic E-state index is -0.187. The normalized spacial score (nSPS) is 14.7. The SMILES string of the molecule is CC1(C)c2cc3ccccc3c(N(c3ccccc3)c3ccc4c5c(c6ccccc6c4c3)-c3ccccc3C5(C)C)c2-c2ccc3ccccc3c21. The highest BCUT2D eigenvalue weighted by molar-refractivity contribution is 6.20. The summed E-state index contributed by atoms with van der Waals surface area (Å²) in [6, 6.07) is 61.3. The van der Waals surface area contributed by atoms with E-state index in [9.17, 15) is 0 Å². The number of anilines is 3. The molecule has 0 bridgehead atoms. The van der Waals surface area contributed by atoms with Crippen LogP contribution in [-0.2, 0) is 10.8 Å². The van der Waals surface area contributed by atoms with Crippen LogP contribution in [0.5, 0.6) is 0 Å². The first-order chi connectivity index (χ1) is 25.8. The first kappa shape index (κ1) is 30.4. The predicted molar refractivity (Wildman–Crippen MR) is 226 cm³/mol. The van der Waals surface area contributed by atoms with E-state index < -0.39 is 0 Å². The number of benzene rings is 9. The topological polar surface area (TPSA) is 3.24 Å². The van der Waals surface area contributed by atoms with Crippen molar-refractivity contribution in [1.82, 2.24) is 0 Å². The Bertz CT molecular complexity index is 3000. The minimum absolute atomic E-state index is 0.122. The zero-order valence-corrected chi connectivity index (χ0v) is 30.5. The highest BCUT2D eigenvalue weighted by atomic mass is 15.1. The average Bonchev–Trinajstić information content (AvgIpc) is 3.58. The van der Waals surface area contributed by atoms with Crippen molar-refractivity contribution in [2.45, 2.75) is 38.5 Å². The molecule has 0 fully saturated rings. The molecule has 2 aliphatic rings. The van der Waals surface area contributed by atoms with Gasteiger partial charge in [-0.25, -0.2) is 0 Å². The second kappa shape index (κ2) is 10.7. The summed E-state index contributed by atoms with van der Waals surface area (Å²) in [5, 5.41) is 10.4. The molecule has 1 heteroatoms. The van der Waals surface area contributed by atoms with Gasteiger partial charge in [0.05, 0.1) is 5.69 Å². The molecule has 53 heavy (non-hydrogen) atoms. The van der Waals surface area contributed by atoms with E-state index in [0.717, 1.165) is 11.4 Å². The quantitative estimate of drug-likeness (QED) is 0.168. The molecular weight excluding hydrogens is 639 g/mol. The molecule has 9 aromatic rings. The van der Waals surface area contributed by atoms with Crippen LogP contribution in [0.25, 0.3) is 65.3 Å². The van der Waals surface area contributed by atoms with E-state index in [1.54, 1.807) is 0 Å². The van der Waals surface area contributed by atoms with Crippen molar-refractivity contribution < 1.29 is 0 Å². The van der Waals surface area contributed by atoms with Crippen LogP contribution in [0.1, 0.15) is 49.9 Å². The number of hydrogen-bond donors (Lipinski definition) is 0. The van der Waals surface area contributed by atoms with Crippen molar-refractivity contribution in [3.8, 4) is 22.3 Å². The number of hydrogen-bond acceptors (Lipinski definition) is 1. The summed E-state index contributed by atoms with van der Waals surface area (Å²) >= 11 is 0. The summed E-state index contributed by atoms with van der Waals surface area (Å²) in [7, 11) is 0. The Labute approximate surface area is 310 Å². The van der Waals surface area contributed by atoms with Crippen molar-refractivity contribution in [2.75, 3.05) is 4.90 Å². The molecule has 0 heterocycles. The summed E-state index contributed by atoms with van der Waals surface area (Å²) in [6.07, 6.45) is 0. The molecule has 0 unspecified atom stereocenters. The standard InChI is InChI=1S/C52H39N/c1-51(2)44-25-15-14-24-41(44)46-39-23-13-12-22-38(39)43-31-35(27-29-40(43)49(46)51)53(34-18-6-5-7-19-34)50-37-21-11-9-17-33(37)30-45-47(50)42-28-26-32-16-8-10-20-36(32)48(42)52(45,3)4/h5-31H,1-4H3. The maximum atomic E-state index is 2.54. The van der Waals surface area contributed by atoms with Crippen LogP contribution < -0.4 is 4.90 Å². The Kier molecular flexibility index (Phi) is 6.14. The Morgan fingerprint density at radius 2 is 1.00 bits per heavy atom. The van der Waals surface area contributed by atoms with E-state index in [2.05, 4.69) is 196 Å². The van der Waals surface area contributed by atoms with E-state index in [1.807, 2.05) is 0 Å². The zero-order chi connectivity index (χ0) is 35.6. The third kappa shape index (κ3) is 4.03. The molecule has 0 amide bonds. The molecule has 0 N–H and O–H groups in total. The average molecular weight is 678 g/mol. The molecule has 0 saturated heterocycles. The Balaban J connectivity index is 1.26.